The predicted molar refractivity (Wildman–Crippen MR) is 66.7 cm³/mol. The summed E-state index contributed by atoms with van der Waals surface area (Å²) in [5.74, 6) is -0.145. The standard InChI is InChI=1S/C11H22N2O2.ClH/c1-4-15-10(14)7-13(9-5-6-9)8-11(2,3)12;/h9H,4-8,12H2,1-3H3;1H. The molecular formula is C11H23ClN2O2. The molecule has 0 amide bonds. The molecule has 1 saturated carbocycles. The molecule has 4 nitrogen and oxygen atoms in total. The number of halogens is 1. The van der Waals surface area contributed by atoms with Gasteiger partial charge in [0.1, 0.15) is 0 Å². The number of hydrogen-bond acceptors (Lipinski definition) is 4. The number of ether oxygens (including phenoxy) is 1. The van der Waals surface area contributed by atoms with Crippen molar-refractivity contribution in [1.29, 1.82) is 0 Å². The third-order valence-electron chi connectivity index (χ3n) is 2.31. The molecule has 0 aromatic rings. The highest BCUT2D eigenvalue weighted by molar-refractivity contribution is 5.85. The minimum Gasteiger partial charge on any atom is -0.465 e. The molecule has 1 aliphatic rings. The average molecular weight is 251 g/mol. The Hall–Kier alpha value is -0.320. The number of nitrogens with two attached hydrogens (primary N) is 1. The van der Waals surface area contributed by atoms with Gasteiger partial charge < -0.3 is 10.5 Å². The van der Waals surface area contributed by atoms with Gasteiger partial charge in [0.2, 0.25) is 0 Å². The highest BCUT2D eigenvalue weighted by Crippen LogP contribution is 2.27. The van der Waals surface area contributed by atoms with E-state index in [1.165, 1.54) is 12.8 Å². The molecule has 0 aromatic heterocycles. The van der Waals surface area contributed by atoms with Gasteiger partial charge in [-0.25, -0.2) is 0 Å². The van der Waals surface area contributed by atoms with Crippen molar-refractivity contribution in [2.24, 2.45) is 5.73 Å². The van der Waals surface area contributed by atoms with E-state index in [4.69, 9.17) is 10.5 Å². The summed E-state index contributed by atoms with van der Waals surface area (Å²) < 4.78 is 4.94. The summed E-state index contributed by atoms with van der Waals surface area (Å²) in [6.07, 6.45) is 2.35. The molecule has 96 valence electrons. The lowest BCUT2D eigenvalue weighted by Gasteiger charge is -2.28. The monoisotopic (exact) mass is 250 g/mol. The maximum absolute atomic E-state index is 11.4. The molecule has 0 aromatic carbocycles. The van der Waals surface area contributed by atoms with Crippen molar-refractivity contribution in [2.45, 2.75) is 45.2 Å². The normalized spacial score (nSPS) is 15.8. The first-order chi connectivity index (χ1) is 6.92. The average Bonchev–Trinajstić information content (AvgIpc) is 2.82. The zero-order valence-corrected chi connectivity index (χ0v) is 11.2. The zero-order valence-electron chi connectivity index (χ0n) is 10.4. The fourth-order valence-electron chi connectivity index (χ4n) is 1.65. The number of carbonyl (C=O) groups excluding carboxylic acids is 1. The van der Waals surface area contributed by atoms with Gasteiger partial charge in [0.05, 0.1) is 13.2 Å². The van der Waals surface area contributed by atoms with Gasteiger partial charge >= 0.3 is 5.97 Å². The van der Waals surface area contributed by atoms with Crippen LogP contribution in [-0.2, 0) is 9.53 Å². The summed E-state index contributed by atoms with van der Waals surface area (Å²) in [5, 5.41) is 0. The quantitative estimate of drug-likeness (QED) is 0.719. The first-order valence-electron chi connectivity index (χ1n) is 5.61. The summed E-state index contributed by atoms with van der Waals surface area (Å²) in [5.41, 5.74) is 5.70. The SMILES string of the molecule is CCOC(=O)CN(CC(C)(C)N)C1CC1.Cl. The van der Waals surface area contributed by atoms with Crippen LogP contribution in [0.5, 0.6) is 0 Å². The Morgan fingerprint density at radius 3 is 2.44 bits per heavy atom. The van der Waals surface area contributed by atoms with E-state index in [9.17, 15) is 4.79 Å². The zero-order chi connectivity index (χ0) is 11.5. The molecule has 0 radical (unpaired) electrons. The molecule has 5 heteroatoms. The fourth-order valence-corrected chi connectivity index (χ4v) is 1.65. The second-order valence-corrected chi connectivity index (χ2v) is 4.93. The van der Waals surface area contributed by atoms with Crippen LogP contribution >= 0.6 is 12.4 Å². The van der Waals surface area contributed by atoms with Gasteiger partial charge in [-0.15, -0.1) is 12.4 Å². The van der Waals surface area contributed by atoms with Gasteiger partial charge in [0.25, 0.3) is 0 Å². The van der Waals surface area contributed by atoms with E-state index in [0.29, 0.717) is 19.2 Å². The van der Waals surface area contributed by atoms with E-state index in [0.717, 1.165) is 6.54 Å². The first kappa shape index (κ1) is 15.7. The van der Waals surface area contributed by atoms with Crippen LogP contribution in [0, 0.1) is 0 Å². The first-order valence-corrected chi connectivity index (χ1v) is 5.61. The molecule has 16 heavy (non-hydrogen) atoms. The van der Waals surface area contributed by atoms with Gasteiger partial charge in [-0.2, -0.15) is 0 Å². The molecule has 0 bridgehead atoms. The Bertz CT molecular complexity index is 225. The summed E-state index contributed by atoms with van der Waals surface area (Å²) >= 11 is 0. The molecule has 0 atom stereocenters. The lowest BCUT2D eigenvalue weighted by atomic mass is 10.1. The number of nitrogens with zero attached hydrogens (tertiary/aromatic N) is 1. The Balaban J connectivity index is 0.00000225. The number of rotatable bonds is 6. The van der Waals surface area contributed by atoms with E-state index in [-0.39, 0.29) is 23.9 Å². The number of carbonyl (C=O) groups is 1. The predicted octanol–water partition coefficient (Wildman–Crippen LogP) is 1.17. The minimum atomic E-state index is -0.255. The van der Waals surface area contributed by atoms with E-state index in [1.807, 2.05) is 20.8 Å². The largest absolute Gasteiger partial charge is 0.465 e. The minimum absolute atomic E-state index is 0. The maximum Gasteiger partial charge on any atom is 0.320 e. The Kier molecular flexibility index (Phi) is 6.30. The van der Waals surface area contributed by atoms with Crippen LogP contribution in [0.25, 0.3) is 0 Å². The van der Waals surface area contributed by atoms with Crippen molar-refractivity contribution >= 4 is 18.4 Å². The fraction of sp³-hybridized carbons (Fsp3) is 0.909. The van der Waals surface area contributed by atoms with Crippen LogP contribution in [0.4, 0.5) is 0 Å². The highest BCUT2D eigenvalue weighted by Gasteiger charge is 2.33. The summed E-state index contributed by atoms with van der Waals surface area (Å²) in [4.78, 5) is 13.5. The number of hydrogen-bond donors (Lipinski definition) is 1. The molecular weight excluding hydrogens is 228 g/mol. The Morgan fingerprint density at radius 1 is 1.50 bits per heavy atom. The van der Waals surface area contributed by atoms with Crippen LogP contribution in [0.3, 0.4) is 0 Å². The van der Waals surface area contributed by atoms with Crippen molar-refractivity contribution in [1.82, 2.24) is 4.90 Å². The van der Waals surface area contributed by atoms with Crippen LogP contribution < -0.4 is 5.73 Å². The molecule has 1 aliphatic carbocycles. The molecule has 2 N–H and O–H groups in total. The van der Waals surface area contributed by atoms with Gasteiger partial charge in [-0.3, -0.25) is 9.69 Å². The van der Waals surface area contributed by atoms with Crippen molar-refractivity contribution in [3.8, 4) is 0 Å². The third kappa shape index (κ3) is 6.30. The van der Waals surface area contributed by atoms with Crippen LogP contribution in [0.15, 0.2) is 0 Å². The molecule has 1 rings (SSSR count). The van der Waals surface area contributed by atoms with Gasteiger partial charge in [-0.05, 0) is 33.6 Å². The molecule has 0 heterocycles. The van der Waals surface area contributed by atoms with Crippen molar-refractivity contribution in [3.63, 3.8) is 0 Å². The lowest BCUT2D eigenvalue weighted by molar-refractivity contribution is -0.144. The lowest BCUT2D eigenvalue weighted by Crippen LogP contribution is -2.48. The Labute approximate surface area is 104 Å². The van der Waals surface area contributed by atoms with Gasteiger partial charge in [0, 0.05) is 18.1 Å². The van der Waals surface area contributed by atoms with E-state index >= 15 is 0 Å². The second-order valence-electron chi connectivity index (χ2n) is 4.93. The summed E-state index contributed by atoms with van der Waals surface area (Å²) in [6.45, 7) is 7.35. The van der Waals surface area contributed by atoms with Crippen molar-refractivity contribution in [2.75, 3.05) is 19.7 Å². The van der Waals surface area contributed by atoms with Crippen molar-refractivity contribution < 1.29 is 9.53 Å². The van der Waals surface area contributed by atoms with E-state index < -0.39 is 0 Å². The maximum atomic E-state index is 11.4. The van der Waals surface area contributed by atoms with E-state index in [1.54, 1.807) is 0 Å². The summed E-state index contributed by atoms with van der Waals surface area (Å²) in [7, 11) is 0. The van der Waals surface area contributed by atoms with Crippen LogP contribution in [0.2, 0.25) is 0 Å². The van der Waals surface area contributed by atoms with Crippen LogP contribution in [0.1, 0.15) is 33.6 Å². The second kappa shape index (κ2) is 6.42. The molecule has 0 spiro atoms. The van der Waals surface area contributed by atoms with Gasteiger partial charge in [-0.1, -0.05) is 0 Å². The molecule has 1 fully saturated rings. The third-order valence-corrected chi connectivity index (χ3v) is 2.31. The summed E-state index contributed by atoms with van der Waals surface area (Å²) in [6, 6.07) is 0.539. The smallest absolute Gasteiger partial charge is 0.320 e. The Morgan fingerprint density at radius 2 is 2.06 bits per heavy atom. The highest BCUT2D eigenvalue weighted by atomic mass is 35.5. The van der Waals surface area contributed by atoms with Crippen LogP contribution in [-0.4, -0.2) is 42.1 Å². The molecule has 0 unspecified atom stereocenters. The van der Waals surface area contributed by atoms with Gasteiger partial charge in [0.15, 0.2) is 0 Å². The number of esters is 1. The topological polar surface area (TPSA) is 55.6 Å². The van der Waals surface area contributed by atoms with E-state index in [2.05, 4.69) is 4.90 Å². The molecule has 0 aliphatic heterocycles. The molecule has 0 saturated heterocycles. The van der Waals surface area contributed by atoms with Crippen molar-refractivity contribution in [3.05, 3.63) is 0 Å².